The molecule has 0 radical (unpaired) electrons. The molecule has 0 fully saturated rings. The van der Waals surface area contributed by atoms with Gasteiger partial charge in [0, 0.05) is 29.4 Å². The van der Waals surface area contributed by atoms with E-state index < -0.39 is 0 Å². The van der Waals surface area contributed by atoms with Crippen molar-refractivity contribution in [2.24, 2.45) is 0 Å². The summed E-state index contributed by atoms with van der Waals surface area (Å²) < 4.78 is 0. The van der Waals surface area contributed by atoms with Gasteiger partial charge in [-0.2, -0.15) is 0 Å². The van der Waals surface area contributed by atoms with E-state index >= 15 is 0 Å². The molecule has 0 spiro atoms. The second-order valence-electron chi connectivity index (χ2n) is 4.76. The van der Waals surface area contributed by atoms with E-state index in [1.165, 1.54) is 0 Å². The summed E-state index contributed by atoms with van der Waals surface area (Å²) in [6, 6.07) is 9.96. The van der Waals surface area contributed by atoms with Crippen molar-refractivity contribution in [2.75, 3.05) is 13.1 Å². The zero-order chi connectivity index (χ0) is 14.1. The molecule has 3 rings (SSSR count). The van der Waals surface area contributed by atoms with Crippen LogP contribution in [0.3, 0.4) is 0 Å². The summed E-state index contributed by atoms with van der Waals surface area (Å²) in [5, 5.41) is 2.17. The predicted molar refractivity (Wildman–Crippen MR) is 80.9 cm³/mol. The molecule has 0 bridgehead atoms. The van der Waals surface area contributed by atoms with Crippen LogP contribution in [0.15, 0.2) is 36.5 Å². The number of carbonyl (C=O) groups excluding carboxylic acids is 1. The van der Waals surface area contributed by atoms with Gasteiger partial charge in [0.15, 0.2) is 0 Å². The molecule has 4 heteroatoms. The van der Waals surface area contributed by atoms with E-state index in [4.69, 9.17) is 0 Å². The second-order valence-corrected chi connectivity index (χ2v) is 4.76. The summed E-state index contributed by atoms with van der Waals surface area (Å²) in [4.78, 5) is 21.8. The monoisotopic (exact) mass is 267 g/mol. The van der Waals surface area contributed by atoms with Crippen LogP contribution in [0.4, 0.5) is 0 Å². The Labute approximate surface area is 117 Å². The van der Waals surface area contributed by atoms with Gasteiger partial charge in [-0.1, -0.05) is 18.2 Å². The van der Waals surface area contributed by atoms with Crippen molar-refractivity contribution in [3.63, 3.8) is 0 Å². The van der Waals surface area contributed by atoms with E-state index in [2.05, 4.69) is 16.0 Å². The van der Waals surface area contributed by atoms with E-state index in [9.17, 15) is 4.79 Å². The predicted octanol–water partition coefficient (Wildman–Crippen LogP) is 3.20. The first-order chi connectivity index (χ1) is 9.74. The highest BCUT2D eigenvalue weighted by Gasteiger charge is 2.15. The van der Waals surface area contributed by atoms with Gasteiger partial charge >= 0.3 is 0 Å². The molecule has 0 aliphatic heterocycles. The lowest BCUT2D eigenvalue weighted by atomic mass is 10.1. The molecule has 1 aromatic carbocycles. The second kappa shape index (κ2) is 4.96. The Morgan fingerprint density at radius 2 is 1.90 bits per heavy atom. The van der Waals surface area contributed by atoms with Gasteiger partial charge in [-0.3, -0.25) is 4.79 Å². The number of carbonyl (C=O) groups is 1. The minimum atomic E-state index is -0.0119. The highest BCUT2D eigenvalue weighted by molar-refractivity contribution is 6.09. The Balaban J connectivity index is 2.14. The molecule has 2 heterocycles. The van der Waals surface area contributed by atoms with Gasteiger partial charge in [0.25, 0.3) is 5.91 Å². The molecule has 20 heavy (non-hydrogen) atoms. The highest BCUT2D eigenvalue weighted by atomic mass is 16.2. The van der Waals surface area contributed by atoms with Gasteiger partial charge < -0.3 is 9.88 Å². The standard InChI is InChI=1S/C16H17N3O/c1-3-19(4-2)16(20)14-9-12-11-7-5-6-8-13(11)18-15(12)10-17-14/h5-10,18H,3-4H2,1-2H3. The minimum absolute atomic E-state index is 0.0119. The largest absolute Gasteiger partial charge is 0.353 e. The normalized spacial score (nSPS) is 11.1. The number of rotatable bonds is 3. The Morgan fingerprint density at radius 3 is 2.65 bits per heavy atom. The molecule has 0 unspecified atom stereocenters. The molecule has 3 aromatic rings. The number of nitrogens with zero attached hydrogens (tertiary/aromatic N) is 2. The molecule has 0 atom stereocenters. The third-order valence-electron chi connectivity index (χ3n) is 3.66. The lowest BCUT2D eigenvalue weighted by Gasteiger charge is -2.17. The van der Waals surface area contributed by atoms with Gasteiger partial charge in [0.05, 0.1) is 11.7 Å². The molecule has 102 valence electrons. The maximum atomic E-state index is 12.4. The van der Waals surface area contributed by atoms with E-state index in [0.29, 0.717) is 18.8 Å². The Bertz CT molecular complexity index is 772. The summed E-state index contributed by atoms with van der Waals surface area (Å²) in [5.74, 6) is -0.0119. The van der Waals surface area contributed by atoms with Gasteiger partial charge in [0.2, 0.25) is 0 Å². The zero-order valence-corrected chi connectivity index (χ0v) is 11.7. The highest BCUT2D eigenvalue weighted by Crippen LogP contribution is 2.25. The number of fused-ring (bicyclic) bond motifs is 3. The van der Waals surface area contributed by atoms with Gasteiger partial charge in [-0.05, 0) is 26.0 Å². The fourth-order valence-electron chi connectivity index (χ4n) is 2.54. The summed E-state index contributed by atoms with van der Waals surface area (Å²) >= 11 is 0. The Hall–Kier alpha value is -2.36. The number of nitrogens with one attached hydrogen (secondary N) is 1. The van der Waals surface area contributed by atoms with E-state index in [1.807, 2.05) is 38.1 Å². The molecule has 1 N–H and O–H groups in total. The van der Waals surface area contributed by atoms with Crippen molar-refractivity contribution in [3.8, 4) is 0 Å². The summed E-state index contributed by atoms with van der Waals surface area (Å²) in [5.41, 5.74) is 2.53. The summed E-state index contributed by atoms with van der Waals surface area (Å²) in [6.45, 7) is 5.35. The first-order valence-electron chi connectivity index (χ1n) is 6.90. The van der Waals surface area contributed by atoms with Crippen molar-refractivity contribution in [2.45, 2.75) is 13.8 Å². The molecular formula is C16H17N3O. The van der Waals surface area contributed by atoms with Crippen LogP contribution in [0.25, 0.3) is 21.8 Å². The number of amides is 1. The number of hydrogen-bond acceptors (Lipinski definition) is 2. The van der Waals surface area contributed by atoms with Crippen molar-refractivity contribution < 1.29 is 4.79 Å². The molecule has 4 nitrogen and oxygen atoms in total. The summed E-state index contributed by atoms with van der Waals surface area (Å²) in [7, 11) is 0. The maximum absolute atomic E-state index is 12.4. The van der Waals surface area contributed by atoms with Gasteiger partial charge in [-0.25, -0.2) is 4.98 Å². The lowest BCUT2D eigenvalue weighted by molar-refractivity contribution is 0.0767. The van der Waals surface area contributed by atoms with Crippen LogP contribution in [0.2, 0.25) is 0 Å². The topological polar surface area (TPSA) is 49.0 Å². The van der Waals surface area contributed by atoms with Crippen LogP contribution < -0.4 is 0 Å². The smallest absolute Gasteiger partial charge is 0.272 e. The fraction of sp³-hybridized carbons (Fsp3) is 0.250. The average molecular weight is 267 g/mol. The third-order valence-corrected chi connectivity index (χ3v) is 3.66. The molecule has 0 aliphatic rings. The molecule has 0 saturated carbocycles. The zero-order valence-electron chi connectivity index (χ0n) is 11.7. The maximum Gasteiger partial charge on any atom is 0.272 e. The number of hydrogen-bond donors (Lipinski definition) is 1. The molecule has 1 amide bonds. The Morgan fingerprint density at radius 1 is 1.15 bits per heavy atom. The van der Waals surface area contributed by atoms with Crippen molar-refractivity contribution >= 4 is 27.7 Å². The van der Waals surface area contributed by atoms with E-state index in [-0.39, 0.29) is 5.91 Å². The van der Waals surface area contributed by atoms with E-state index in [1.54, 1.807) is 11.1 Å². The SMILES string of the molecule is CCN(CC)C(=O)c1cc2c(cn1)[nH]c1ccccc12. The van der Waals surface area contributed by atoms with Gasteiger partial charge in [0.1, 0.15) is 5.69 Å². The quantitative estimate of drug-likeness (QED) is 0.792. The lowest BCUT2D eigenvalue weighted by Crippen LogP contribution is -2.31. The average Bonchev–Trinajstić information content (AvgIpc) is 2.86. The Kier molecular flexibility index (Phi) is 3.14. The number of benzene rings is 1. The number of pyridine rings is 1. The fourth-order valence-corrected chi connectivity index (χ4v) is 2.54. The van der Waals surface area contributed by atoms with E-state index in [0.717, 1.165) is 21.8 Å². The van der Waals surface area contributed by atoms with Gasteiger partial charge in [-0.15, -0.1) is 0 Å². The van der Waals surface area contributed by atoms with Crippen molar-refractivity contribution in [3.05, 3.63) is 42.2 Å². The number of aromatic amines is 1. The van der Waals surface area contributed by atoms with Crippen LogP contribution in [0, 0.1) is 0 Å². The van der Waals surface area contributed by atoms with Crippen molar-refractivity contribution in [1.29, 1.82) is 0 Å². The van der Waals surface area contributed by atoms with Crippen molar-refractivity contribution in [1.82, 2.24) is 14.9 Å². The molecule has 0 aliphatic carbocycles. The summed E-state index contributed by atoms with van der Waals surface area (Å²) in [6.07, 6.45) is 1.74. The van der Waals surface area contributed by atoms with Crippen LogP contribution in [0.1, 0.15) is 24.3 Å². The van der Waals surface area contributed by atoms with Crippen LogP contribution in [0.5, 0.6) is 0 Å². The number of para-hydroxylation sites is 1. The minimum Gasteiger partial charge on any atom is -0.353 e. The van der Waals surface area contributed by atoms with Crippen LogP contribution in [-0.4, -0.2) is 33.9 Å². The molecular weight excluding hydrogens is 250 g/mol. The molecule has 2 aromatic heterocycles. The third kappa shape index (κ3) is 1.93. The van der Waals surface area contributed by atoms with Crippen LogP contribution in [-0.2, 0) is 0 Å². The number of aromatic nitrogens is 2. The number of H-pyrrole nitrogens is 1. The first-order valence-corrected chi connectivity index (χ1v) is 6.90. The first kappa shape index (κ1) is 12.7. The molecule has 0 saturated heterocycles. The van der Waals surface area contributed by atoms with Crippen LogP contribution >= 0.6 is 0 Å².